The number of carbonyl (C=O) groups excluding carboxylic acids is 1. The van der Waals surface area contributed by atoms with Gasteiger partial charge in [0.2, 0.25) is 0 Å². The summed E-state index contributed by atoms with van der Waals surface area (Å²) in [6.07, 6.45) is 0.0305. The van der Waals surface area contributed by atoms with E-state index in [1.165, 1.54) is 6.07 Å². The Labute approximate surface area is 144 Å². The van der Waals surface area contributed by atoms with Gasteiger partial charge in [0.05, 0.1) is 17.3 Å². The molecule has 1 atom stereocenters. The van der Waals surface area contributed by atoms with Gasteiger partial charge in [-0.2, -0.15) is 0 Å². The molecule has 0 radical (unpaired) electrons. The lowest BCUT2D eigenvalue weighted by Crippen LogP contribution is -2.42. The van der Waals surface area contributed by atoms with Gasteiger partial charge in [0.1, 0.15) is 17.2 Å². The van der Waals surface area contributed by atoms with Crippen LogP contribution in [0.2, 0.25) is 0 Å². The largest absolute Gasteiger partial charge is 0.444 e. The summed E-state index contributed by atoms with van der Waals surface area (Å²) in [7, 11) is 0. The van der Waals surface area contributed by atoms with Gasteiger partial charge in [0.15, 0.2) is 5.76 Å². The molecule has 1 aliphatic heterocycles. The van der Waals surface area contributed by atoms with Crippen molar-refractivity contribution in [3.05, 3.63) is 41.1 Å². The molecule has 0 aliphatic carbocycles. The molecule has 0 saturated heterocycles. The Morgan fingerprint density at radius 3 is 2.72 bits per heavy atom. The molecular formula is C18H20F2N2O3. The summed E-state index contributed by atoms with van der Waals surface area (Å²) in [5.41, 5.74) is 0.805. The zero-order chi connectivity index (χ0) is 18.4. The Morgan fingerprint density at radius 2 is 2.08 bits per heavy atom. The van der Waals surface area contributed by atoms with Gasteiger partial charge in [0, 0.05) is 24.6 Å². The highest BCUT2D eigenvalue weighted by atomic mass is 19.1. The third-order valence-corrected chi connectivity index (χ3v) is 4.08. The quantitative estimate of drug-likeness (QED) is 0.761. The van der Waals surface area contributed by atoms with Crippen molar-refractivity contribution < 1.29 is 22.8 Å². The van der Waals surface area contributed by atoms with E-state index in [2.05, 4.69) is 5.16 Å². The lowest BCUT2D eigenvalue weighted by Gasteiger charge is -2.34. The Bertz CT molecular complexity index is 811. The van der Waals surface area contributed by atoms with Crippen molar-refractivity contribution in [2.24, 2.45) is 0 Å². The fourth-order valence-electron chi connectivity index (χ4n) is 2.95. The second kappa shape index (κ2) is 6.13. The summed E-state index contributed by atoms with van der Waals surface area (Å²) in [5.74, 6) is -1.19. The van der Waals surface area contributed by atoms with Crippen LogP contribution in [0.4, 0.5) is 13.6 Å². The maximum atomic E-state index is 14.2. The zero-order valence-corrected chi connectivity index (χ0v) is 14.6. The number of amides is 1. The molecule has 7 heteroatoms. The van der Waals surface area contributed by atoms with E-state index in [0.29, 0.717) is 24.2 Å². The van der Waals surface area contributed by atoms with Gasteiger partial charge in [-0.3, -0.25) is 0 Å². The molecule has 3 rings (SSSR count). The molecule has 134 valence electrons. The number of halogens is 2. The Balaban J connectivity index is 1.97. The van der Waals surface area contributed by atoms with Gasteiger partial charge >= 0.3 is 6.09 Å². The van der Waals surface area contributed by atoms with Crippen molar-refractivity contribution in [1.82, 2.24) is 10.1 Å². The third kappa shape index (κ3) is 3.36. The van der Waals surface area contributed by atoms with Crippen LogP contribution in [-0.4, -0.2) is 28.3 Å². The van der Waals surface area contributed by atoms with Gasteiger partial charge in [-0.1, -0.05) is 5.16 Å². The van der Waals surface area contributed by atoms with Crippen LogP contribution in [0.5, 0.6) is 0 Å². The molecule has 0 spiro atoms. The highest BCUT2D eigenvalue weighted by Crippen LogP contribution is 2.38. The average Bonchev–Trinajstić information content (AvgIpc) is 2.90. The van der Waals surface area contributed by atoms with E-state index in [1.54, 1.807) is 25.7 Å². The number of hydrogen-bond donors (Lipinski definition) is 0. The van der Waals surface area contributed by atoms with Crippen LogP contribution in [0, 0.1) is 11.6 Å². The van der Waals surface area contributed by atoms with Crippen molar-refractivity contribution in [2.75, 3.05) is 6.54 Å². The van der Waals surface area contributed by atoms with Crippen LogP contribution >= 0.6 is 0 Å². The average molecular weight is 350 g/mol. The number of nitrogens with zero attached hydrogens (tertiary/aromatic N) is 2. The number of benzene rings is 1. The van der Waals surface area contributed by atoms with E-state index in [1.807, 2.05) is 6.92 Å². The summed E-state index contributed by atoms with van der Waals surface area (Å²) in [6.45, 7) is 7.63. The van der Waals surface area contributed by atoms with Crippen molar-refractivity contribution in [3.63, 3.8) is 0 Å². The number of fused-ring (bicyclic) bond motifs is 1. The van der Waals surface area contributed by atoms with E-state index in [4.69, 9.17) is 9.26 Å². The molecule has 1 aromatic heterocycles. The molecule has 1 amide bonds. The molecule has 1 aliphatic rings. The molecule has 1 aromatic carbocycles. The van der Waals surface area contributed by atoms with E-state index in [0.717, 1.165) is 12.1 Å². The molecule has 0 saturated carbocycles. The lowest BCUT2D eigenvalue weighted by molar-refractivity contribution is 0.0160. The third-order valence-electron chi connectivity index (χ3n) is 4.08. The van der Waals surface area contributed by atoms with Crippen molar-refractivity contribution in [1.29, 1.82) is 0 Å². The van der Waals surface area contributed by atoms with Crippen LogP contribution in [0.3, 0.4) is 0 Å². The molecule has 0 fully saturated rings. The molecule has 2 heterocycles. The molecule has 25 heavy (non-hydrogen) atoms. The Hall–Kier alpha value is -2.44. The second-order valence-corrected chi connectivity index (χ2v) is 7.10. The maximum absolute atomic E-state index is 14.2. The fraction of sp³-hybridized carbons (Fsp3) is 0.444. The summed E-state index contributed by atoms with van der Waals surface area (Å²) in [4.78, 5) is 14.0. The lowest BCUT2D eigenvalue weighted by atomic mass is 9.95. The van der Waals surface area contributed by atoms with Crippen molar-refractivity contribution in [3.8, 4) is 11.3 Å². The predicted molar refractivity (Wildman–Crippen MR) is 86.9 cm³/mol. The highest BCUT2D eigenvalue weighted by Gasteiger charge is 2.36. The van der Waals surface area contributed by atoms with Gasteiger partial charge < -0.3 is 14.2 Å². The van der Waals surface area contributed by atoms with Crippen LogP contribution < -0.4 is 0 Å². The minimum atomic E-state index is -0.736. The van der Waals surface area contributed by atoms with Gasteiger partial charge in [-0.25, -0.2) is 13.6 Å². The van der Waals surface area contributed by atoms with Gasteiger partial charge in [-0.05, 0) is 39.8 Å². The smallest absolute Gasteiger partial charge is 0.410 e. The molecule has 1 unspecified atom stereocenters. The van der Waals surface area contributed by atoms with Crippen LogP contribution in [0.15, 0.2) is 22.7 Å². The molecule has 5 nitrogen and oxygen atoms in total. The zero-order valence-electron chi connectivity index (χ0n) is 14.6. The first-order valence-corrected chi connectivity index (χ1v) is 8.11. The first kappa shape index (κ1) is 17.4. The monoisotopic (exact) mass is 350 g/mol. The van der Waals surface area contributed by atoms with Crippen molar-refractivity contribution in [2.45, 2.75) is 45.8 Å². The Morgan fingerprint density at radius 1 is 1.36 bits per heavy atom. The summed E-state index contributed by atoms with van der Waals surface area (Å²) >= 11 is 0. The molecule has 2 aromatic rings. The molecule has 0 N–H and O–H groups in total. The minimum absolute atomic E-state index is 0.119. The Kier molecular flexibility index (Phi) is 4.26. The maximum Gasteiger partial charge on any atom is 0.410 e. The van der Waals surface area contributed by atoms with E-state index < -0.39 is 29.4 Å². The molecular weight excluding hydrogens is 330 g/mol. The number of aromatic nitrogens is 1. The van der Waals surface area contributed by atoms with E-state index in [-0.39, 0.29) is 11.3 Å². The van der Waals surface area contributed by atoms with Crippen LogP contribution in [0.1, 0.15) is 45.0 Å². The highest BCUT2D eigenvalue weighted by molar-refractivity contribution is 5.71. The minimum Gasteiger partial charge on any atom is -0.444 e. The number of carbonyl (C=O) groups is 1. The van der Waals surface area contributed by atoms with Gasteiger partial charge in [0.25, 0.3) is 0 Å². The predicted octanol–water partition coefficient (Wildman–Crippen LogP) is 4.47. The van der Waals surface area contributed by atoms with Crippen molar-refractivity contribution >= 4 is 6.09 Å². The first-order valence-electron chi connectivity index (χ1n) is 8.11. The molecule has 0 bridgehead atoms. The van der Waals surface area contributed by atoms with E-state index in [9.17, 15) is 13.6 Å². The van der Waals surface area contributed by atoms with Crippen LogP contribution in [-0.2, 0) is 11.2 Å². The number of rotatable bonds is 1. The summed E-state index contributed by atoms with van der Waals surface area (Å²) < 4.78 is 38.1. The topological polar surface area (TPSA) is 55.6 Å². The van der Waals surface area contributed by atoms with E-state index >= 15 is 0 Å². The second-order valence-electron chi connectivity index (χ2n) is 7.10. The SMILES string of the molecule is CC1c2c(noc2-c2ccc(F)cc2F)CCN1C(=O)OC(C)(C)C. The number of ether oxygens (including phenoxy) is 1. The summed E-state index contributed by atoms with van der Waals surface area (Å²) in [5, 5.41) is 4.00. The number of hydrogen-bond acceptors (Lipinski definition) is 4. The fourth-order valence-corrected chi connectivity index (χ4v) is 2.95. The first-order chi connectivity index (χ1) is 11.7. The van der Waals surface area contributed by atoms with Crippen LogP contribution in [0.25, 0.3) is 11.3 Å². The van der Waals surface area contributed by atoms with Gasteiger partial charge in [-0.15, -0.1) is 0 Å². The normalized spacial score (nSPS) is 17.4. The standard InChI is InChI=1S/C18H20F2N2O3/c1-10-15-14(7-8-22(10)17(23)24-18(2,3)4)21-25-16(15)12-6-5-11(19)9-13(12)20/h5-6,9-10H,7-8H2,1-4H3. The summed E-state index contributed by atoms with van der Waals surface area (Å²) in [6, 6.07) is 2.87.